The molecule has 0 bridgehead atoms. The van der Waals surface area contributed by atoms with Gasteiger partial charge < -0.3 is 9.47 Å². The zero-order valence-electron chi connectivity index (χ0n) is 5.52. The highest BCUT2D eigenvalue weighted by molar-refractivity contribution is 4.29. The van der Waals surface area contributed by atoms with Crippen molar-refractivity contribution in [2.24, 2.45) is 0 Å². The zero-order valence-corrected chi connectivity index (χ0v) is 5.52. The van der Waals surface area contributed by atoms with E-state index in [-0.39, 0.29) is 6.29 Å². The summed E-state index contributed by atoms with van der Waals surface area (Å²) in [6.07, 6.45) is 0.864. The molecule has 2 nitrogen and oxygen atoms in total. The van der Waals surface area contributed by atoms with Crippen molar-refractivity contribution in [3.63, 3.8) is 0 Å². The molecule has 0 rings (SSSR count). The summed E-state index contributed by atoms with van der Waals surface area (Å²) in [5.74, 6) is 0. The Morgan fingerprint density at radius 1 is 1.62 bits per heavy atom. The van der Waals surface area contributed by atoms with Crippen molar-refractivity contribution in [3.8, 4) is 0 Å². The minimum Gasteiger partial charge on any atom is -0.353 e. The van der Waals surface area contributed by atoms with Gasteiger partial charge in [0.1, 0.15) is 0 Å². The number of ether oxygens (including phenoxy) is 2. The molecule has 0 amide bonds. The van der Waals surface area contributed by atoms with Gasteiger partial charge in [0, 0.05) is 6.61 Å². The summed E-state index contributed by atoms with van der Waals surface area (Å²) in [7, 11) is 3.21. The molecule has 0 aliphatic rings. The van der Waals surface area contributed by atoms with E-state index in [0.717, 1.165) is 13.0 Å². The van der Waals surface area contributed by atoms with E-state index in [2.05, 4.69) is 18.8 Å². The second-order valence-corrected chi connectivity index (χ2v) is 1.61. The molecule has 0 aliphatic heterocycles. The third-order valence-electron chi connectivity index (χ3n) is 0.791. The normalized spacial score (nSPS) is 13.9. The van der Waals surface area contributed by atoms with Crippen LogP contribution in [0.3, 0.4) is 0 Å². The fourth-order valence-corrected chi connectivity index (χ4v) is 0.332. The molecule has 0 aliphatic carbocycles. The van der Waals surface area contributed by atoms with Crippen LogP contribution in [0, 0.1) is 7.11 Å². The number of rotatable bonds is 4. The first-order chi connectivity index (χ1) is 3.81. The van der Waals surface area contributed by atoms with E-state index in [0.29, 0.717) is 0 Å². The molecule has 49 valence electrons. The van der Waals surface area contributed by atoms with Crippen molar-refractivity contribution in [1.29, 1.82) is 0 Å². The molecular formula is C6H13O2. The van der Waals surface area contributed by atoms with E-state index < -0.39 is 0 Å². The van der Waals surface area contributed by atoms with Crippen LogP contribution >= 0.6 is 0 Å². The maximum absolute atomic E-state index is 5.06. The Labute approximate surface area is 50.8 Å². The Hall–Kier alpha value is -0.0800. The third-order valence-corrected chi connectivity index (χ3v) is 0.791. The van der Waals surface area contributed by atoms with Crippen LogP contribution < -0.4 is 0 Å². The van der Waals surface area contributed by atoms with Crippen molar-refractivity contribution in [1.82, 2.24) is 0 Å². The lowest BCUT2D eigenvalue weighted by Crippen LogP contribution is -2.09. The molecule has 0 spiro atoms. The molecule has 0 aromatic carbocycles. The van der Waals surface area contributed by atoms with Crippen LogP contribution in [0.25, 0.3) is 0 Å². The molecule has 0 saturated heterocycles. The summed E-state index contributed by atoms with van der Waals surface area (Å²) in [5, 5.41) is 0. The van der Waals surface area contributed by atoms with Gasteiger partial charge in [0.25, 0.3) is 0 Å². The van der Waals surface area contributed by atoms with Crippen LogP contribution in [-0.2, 0) is 9.47 Å². The van der Waals surface area contributed by atoms with Crippen LogP contribution in [0.2, 0.25) is 0 Å². The molecule has 8 heavy (non-hydrogen) atoms. The van der Waals surface area contributed by atoms with E-state index in [1.165, 1.54) is 0 Å². The highest BCUT2D eigenvalue weighted by atomic mass is 16.7. The quantitative estimate of drug-likeness (QED) is 0.520. The summed E-state index contributed by atoms with van der Waals surface area (Å²) >= 11 is 0. The molecule has 0 saturated carbocycles. The van der Waals surface area contributed by atoms with Crippen LogP contribution in [0.4, 0.5) is 0 Å². The van der Waals surface area contributed by atoms with Crippen molar-refractivity contribution >= 4 is 0 Å². The summed E-state index contributed by atoms with van der Waals surface area (Å²) in [4.78, 5) is 0. The molecular weight excluding hydrogens is 104 g/mol. The van der Waals surface area contributed by atoms with E-state index in [9.17, 15) is 0 Å². The Kier molecular flexibility index (Phi) is 5.01. The van der Waals surface area contributed by atoms with Gasteiger partial charge in [-0.05, 0) is 13.3 Å². The lowest BCUT2D eigenvalue weighted by atomic mass is 10.5. The molecule has 2 heteroatoms. The van der Waals surface area contributed by atoms with Gasteiger partial charge in [-0.15, -0.1) is 0 Å². The standard InChI is InChI=1S/C6H13O2/c1-4-5-8-6(2)7-3/h6H,3-5H2,1-2H3. The Bertz CT molecular complexity index is 45.8. The van der Waals surface area contributed by atoms with Gasteiger partial charge in [-0.1, -0.05) is 6.92 Å². The maximum atomic E-state index is 5.06. The van der Waals surface area contributed by atoms with E-state index in [1.807, 2.05) is 6.92 Å². The van der Waals surface area contributed by atoms with E-state index >= 15 is 0 Å². The SMILES string of the molecule is [CH2]OC(C)OCCC. The lowest BCUT2D eigenvalue weighted by Gasteiger charge is -2.08. The molecule has 0 fully saturated rings. The van der Waals surface area contributed by atoms with Crippen molar-refractivity contribution in [2.75, 3.05) is 6.61 Å². The topological polar surface area (TPSA) is 18.5 Å². The Balaban J connectivity index is 2.86. The van der Waals surface area contributed by atoms with Gasteiger partial charge in [-0.3, -0.25) is 0 Å². The first-order valence-corrected chi connectivity index (χ1v) is 2.83. The van der Waals surface area contributed by atoms with Gasteiger partial charge in [0.05, 0.1) is 7.11 Å². The summed E-state index contributed by atoms with van der Waals surface area (Å²) in [6, 6.07) is 0. The average molecular weight is 117 g/mol. The third kappa shape index (κ3) is 4.09. The average Bonchev–Trinajstić information content (AvgIpc) is 1.83. The van der Waals surface area contributed by atoms with Crippen LogP contribution in [0.5, 0.6) is 0 Å². The Morgan fingerprint density at radius 3 is 2.62 bits per heavy atom. The van der Waals surface area contributed by atoms with Gasteiger partial charge in [-0.2, -0.15) is 0 Å². The maximum Gasteiger partial charge on any atom is 0.154 e. The summed E-state index contributed by atoms with van der Waals surface area (Å²) in [6.45, 7) is 4.62. The van der Waals surface area contributed by atoms with Crippen LogP contribution in [-0.4, -0.2) is 12.9 Å². The molecule has 0 aromatic heterocycles. The minimum atomic E-state index is -0.157. The lowest BCUT2D eigenvalue weighted by molar-refractivity contribution is -0.0953. The van der Waals surface area contributed by atoms with Crippen LogP contribution in [0.1, 0.15) is 20.3 Å². The predicted octanol–water partition coefficient (Wildman–Crippen LogP) is 1.57. The van der Waals surface area contributed by atoms with Gasteiger partial charge in [0.2, 0.25) is 0 Å². The minimum absolute atomic E-state index is 0.157. The van der Waals surface area contributed by atoms with E-state index in [4.69, 9.17) is 4.74 Å². The number of hydrogen-bond donors (Lipinski definition) is 0. The highest BCUT2D eigenvalue weighted by Gasteiger charge is 1.94. The van der Waals surface area contributed by atoms with Gasteiger partial charge in [-0.25, -0.2) is 0 Å². The van der Waals surface area contributed by atoms with Gasteiger partial charge in [0.15, 0.2) is 6.29 Å². The fraction of sp³-hybridized carbons (Fsp3) is 0.833. The van der Waals surface area contributed by atoms with Gasteiger partial charge >= 0.3 is 0 Å². The second kappa shape index (κ2) is 5.06. The zero-order chi connectivity index (χ0) is 6.41. The fourth-order valence-electron chi connectivity index (χ4n) is 0.332. The molecule has 1 radical (unpaired) electrons. The molecule has 0 heterocycles. The molecule has 1 atom stereocenters. The summed E-state index contributed by atoms with van der Waals surface area (Å²) < 4.78 is 9.64. The molecule has 0 aromatic rings. The highest BCUT2D eigenvalue weighted by Crippen LogP contribution is 1.91. The van der Waals surface area contributed by atoms with Crippen molar-refractivity contribution < 1.29 is 9.47 Å². The predicted molar refractivity (Wildman–Crippen MR) is 32.1 cm³/mol. The van der Waals surface area contributed by atoms with Crippen molar-refractivity contribution in [2.45, 2.75) is 26.6 Å². The smallest absolute Gasteiger partial charge is 0.154 e. The van der Waals surface area contributed by atoms with E-state index in [1.54, 1.807) is 0 Å². The second-order valence-electron chi connectivity index (χ2n) is 1.61. The monoisotopic (exact) mass is 117 g/mol. The number of hydrogen-bond acceptors (Lipinski definition) is 2. The first kappa shape index (κ1) is 7.92. The van der Waals surface area contributed by atoms with Crippen molar-refractivity contribution in [3.05, 3.63) is 7.11 Å². The molecule has 1 unspecified atom stereocenters. The first-order valence-electron chi connectivity index (χ1n) is 2.83. The largest absolute Gasteiger partial charge is 0.353 e. The van der Waals surface area contributed by atoms with Crippen LogP contribution in [0.15, 0.2) is 0 Å². The Morgan fingerprint density at radius 2 is 2.25 bits per heavy atom. The summed E-state index contributed by atoms with van der Waals surface area (Å²) in [5.41, 5.74) is 0. The molecule has 0 N–H and O–H groups in total.